The highest BCUT2D eigenvalue weighted by molar-refractivity contribution is 9.10. The molecule has 1 heterocycles. The topological polar surface area (TPSA) is 66.5 Å². The third-order valence-corrected chi connectivity index (χ3v) is 7.44. The average molecular weight is 489 g/mol. The van der Waals surface area contributed by atoms with Gasteiger partial charge in [-0.1, -0.05) is 15.9 Å². The highest BCUT2D eigenvalue weighted by atomic mass is 79.9. The van der Waals surface area contributed by atoms with E-state index in [1.54, 1.807) is 30.3 Å². The molecule has 154 valence electrons. The Morgan fingerprint density at radius 1 is 1.07 bits per heavy atom. The van der Waals surface area contributed by atoms with Crippen molar-refractivity contribution in [2.75, 3.05) is 9.62 Å². The van der Waals surface area contributed by atoms with E-state index in [1.807, 2.05) is 19.1 Å². The molecule has 1 atom stereocenters. The van der Waals surface area contributed by atoms with Crippen LogP contribution in [-0.4, -0.2) is 20.4 Å². The lowest BCUT2D eigenvalue weighted by Gasteiger charge is -2.24. The van der Waals surface area contributed by atoms with Gasteiger partial charge in [0.2, 0.25) is 0 Å². The van der Waals surface area contributed by atoms with Crippen LogP contribution >= 0.6 is 15.9 Å². The first kappa shape index (κ1) is 20.6. The summed E-state index contributed by atoms with van der Waals surface area (Å²) in [5.41, 5.74) is 2.42. The van der Waals surface area contributed by atoms with Gasteiger partial charge in [-0.2, -0.15) is 0 Å². The molecule has 5 nitrogen and oxygen atoms in total. The number of halogens is 2. The third-order valence-electron chi connectivity index (χ3n) is 4.97. The summed E-state index contributed by atoms with van der Waals surface area (Å²) in [7, 11) is -3.84. The van der Waals surface area contributed by atoms with Crippen molar-refractivity contribution in [1.82, 2.24) is 0 Å². The molecule has 1 N–H and O–H groups in total. The molecule has 0 unspecified atom stereocenters. The van der Waals surface area contributed by atoms with Crippen molar-refractivity contribution in [3.05, 3.63) is 88.1 Å². The monoisotopic (exact) mass is 488 g/mol. The second kappa shape index (κ2) is 7.85. The average Bonchev–Trinajstić information content (AvgIpc) is 3.05. The first-order valence-corrected chi connectivity index (χ1v) is 11.5. The summed E-state index contributed by atoms with van der Waals surface area (Å²) in [5, 5.41) is 2.83. The maximum absolute atomic E-state index is 13.2. The van der Waals surface area contributed by atoms with E-state index >= 15 is 0 Å². The molecule has 0 saturated heterocycles. The van der Waals surface area contributed by atoms with E-state index in [0.29, 0.717) is 23.4 Å². The standard InChI is InChI=1S/C22H18BrFN2O3S/c1-14-12-16-13-15(22(27)25-19-7-3-17(23)4-8-19)2-11-21(16)26(14)30(28,29)20-9-5-18(24)6-10-20/h2-11,13-14H,12H2,1H3,(H,25,27)/t14-/m1/s1. The fourth-order valence-electron chi connectivity index (χ4n) is 3.57. The smallest absolute Gasteiger partial charge is 0.264 e. The second-order valence-corrected chi connectivity index (χ2v) is 9.84. The second-order valence-electron chi connectivity index (χ2n) is 7.11. The minimum atomic E-state index is -3.84. The Morgan fingerprint density at radius 3 is 2.40 bits per heavy atom. The van der Waals surface area contributed by atoms with Crippen LogP contribution in [0.5, 0.6) is 0 Å². The molecule has 0 spiro atoms. The number of carbonyl (C=O) groups excluding carboxylic acids is 1. The molecule has 0 saturated carbocycles. The van der Waals surface area contributed by atoms with Gasteiger partial charge in [0.15, 0.2) is 0 Å². The molecule has 0 bridgehead atoms. The minimum absolute atomic E-state index is 0.0284. The molecule has 4 rings (SSSR count). The number of hydrogen-bond acceptors (Lipinski definition) is 3. The zero-order valence-electron chi connectivity index (χ0n) is 16.0. The number of anilines is 2. The molecule has 3 aromatic rings. The number of sulfonamides is 1. The number of nitrogens with one attached hydrogen (secondary N) is 1. The van der Waals surface area contributed by atoms with E-state index in [4.69, 9.17) is 0 Å². The van der Waals surface area contributed by atoms with Gasteiger partial charge in [-0.3, -0.25) is 9.10 Å². The number of benzene rings is 3. The first-order valence-electron chi connectivity index (χ1n) is 9.25. The summed E-state index contributed by atoms with van der Waals surface area (Å²) in [6.45, 7) is 1.81. The van der Waals surface area contributed by atoms with Crippen LogP contribution in [0.2, 0.25) is 0 Å². The van der Waals surface area contributed by atoms with Crippen LogP contribution < -0.4 is 9.62 Å². The lowest BCUT2D eigenvalue weighted by atomic mass is 10.1. The number of amides is 1. The molecule has 8 heteroatoms. The van der Waals surface area contributed by atoms with Crippen molar-refractivity contribution in [1.29, 1.82) is 0 Å². The fourth-order valence-corrected chi connectivity index (χ4v) is 5.52. The van der Waals surface area contributed by atoms with Crippen LogP contribution in [0.15, 0.2) is 76.1 Å². The van der Waals surface area contributed by atoms with Crippen LogP contribution in [0, 0.1) is 5.82 Å². The lowest BCUT2D eigenvalue weighted by Crippen LogP contribution is -2.35. The van der Waals surface area contributed by atoms with E-state index < -0.39 is 15.8 Å². The SMILES string of the molecule is C[C@@H]1Cc2cc(C(=O)Nc3ccc(Br)cc3)ccc2N1S(=O)(=O)c1ccc(F)cc1. The predicted molar refractivity (Wildman–Crippen MR) is 118 cm³/mol. The van der Waals surface area contributed by atoms with E-state index in [0.717, 1.165) is 22.2 Å². The predicted octanol–water partition coefficient (Wildman–Crippen LogP) is 4.98. The van der Waals surface area contributed by atoms with Crippen LogP contribution in [0.1, 0.15) is 22.8 Å². The van der Waals surface area contributed by atoms with Gasteiger partial charge in [0.05, 0.1) is 10.6 Å². The van der Waals surface area contributed by atoms with Crippen LogP contribution in [0.25, 0.3) is 0 Å². The highest BCUT2D eigenvalue weighted by Gasteiger charge is 2.36. The van der Waals surface area contributed by atoms with Crippen molar-refractivity contribution in [3.63, 3.8) is 0 Å². The number of nitrogens with zero attached hydrogens (tertiary/aromatic N) is 1. The summed E-state index contributed by atoms with van der Waals surface area (Å²) in [6, 6.07) is 16.7. The molecule has 1 aliphatic rings. The molecule has 1 aliphatic heterocycles. The van der Waals surface area contributed by atoms with E-state index in [9.17, 15) is 17.6 Å². The zero-order valence-corrected chi connectivity index (χ0v) is 18.4. The van der Waals surface area contributed by atoms with Crippen molar-refractivity contribution in [3.8, 4) is 0 Å². The Labute approximate surface area is 182 Å². The number of hydrogen-bond donors (Lipinski definition) is 1. The van der Waals surface area contributed by atoms with Gasteiger partial charge >= 0.3 is 0 Å². The van der Waals surface area contributed by atoms with Crippen molar-refractivity contribution in [2.45, 2.75) is 24.3 Å². The van der Waals surface area contributed by atoms with E-state index in [1.165, 1.54) is 16.4 Å². The summed E-state index contributed by atoms with van der Waals surface area (Å²) >= 11 is 3.35. The quantitative estimate of drug-likeness (QED) is 0.562. The van der Waals surface area contributed by atoms with Crippen molar-refractivity contribution < 1.29 is 17.6 Å². The summed E-state index contributed by atoms with van der Waals surface area (Å²) < 4.78 is 41.7. The van der Waals surface area contributed by atoms with Gasteiger partial charge in [-0.15, -0.1) is 0 Å². The number of carbonyl (C=O) groups is 1. The Bertz CT molecular complexity index is 1210. The van der Waals surface area contributed by atoms with Crippen LogP contribution in [-0.2, 0) is 16.4 Å². The summed E-state index contributed by atoms with van der Waals surface area (Å²) in [4.78, 5) is 12.7. The molecule has 0 aliphatic carbocycles. The van der Waals surface area contributed by atoms with Gasteiger partial charge in [-0.25, -0.2) is 12.8 Å². The molecular formula is C22H18BrFN2O3S. The molecule has 30 heavy (non-hydrogen) atoms. The molecule has 0 aromatic heterocycles. The molecule has 0 fully saturated rings. The lowest BCUT2D eigenvalue weighted by molar-refractivity contribution is 0.102. The molecule has 3 aromatic carbocycles. The maximum Gasteiger partial charge on any atom is 0.264 e. The Morgan fingerprint density at radius 2 is 1.73 bits per heavy atom. The van der Waals surface area contributed by atoms with E-state index in [-0.39, 0.29) is 16.8 Å². The Hall–Kier alpha value is -2.71. The van der Waals surface area contributed by atoms with Crippen molar-refractivity contribution >= 4 is 43.2 Å². The highest BCUT2D eigenvalue weighted by Crippen LogP contribution is 2.37. The fraction of sp³-hybridized carbons (Fsp3) is 0.136. The van der Waals surface area contributed by atoms with Crippen LogP contribution in [0.4, 0.5) is 15.8 Å². The van der Waals surface area contributed by atoms with Crippen molar-refractivity contribution in [2.24, 2.45) is 0 Å². The Balaban J connectivity index is 1.62. The van der Waals surface area contributed by atoms with E-state index in [2.05, 4.69) is 21.2 Å². The third kappa shape index (κ3) is 3.85. The normalized spacial score (nSPS) is 15.7. The van der Waals surface area contributed by atoms with Crippen LogP contribution in [0.3, 0.4) is 0 Å². The minimum Gasteiger partial charge on any atom is -0.322 e. The summed E-state index contributed by atoms with van der Waals surface area (Å²) in [6.07, 6.45) is 0.481. The van der Waals surface area contributed by atoms with Gasteiger partial charge in [0.1, 0.15) is 5.82 Å². The van der Waals surface area contributed by atoms with Gasteiger partial charge in [0, 0.05) is 21.8 Å². The number of rotatable bonds is 4. The maximum atomic E-state index is 13.2. The molecular weight excluding hydrogens is 471 g/mol. The molecule has 0 radical (unpaired) electrons. The first-order chi connectivity index (χ1) is 14.3. The van der Waals surface area contributed by atoms with Gasteiger partial charge < -0.3 is 5.32 Å². The molecule has 1 amide bonds. The number of fused-ring (bicyclic) bond motifs is 1. The zero-order chi connectivity index (χ0) is 21.5. The van der Waals surface area contributed by atoms with Gasteiger partial charge in [-0.05, 0) is 85.6 Å². The summed E-state index contributed by atoms with van der Waals surface area (Å²) in [5.74, 6) is -0.766. The Kier molecular flexibility index (Phi) is 5.38. The van der Waals surface area contributed by atoms with Gasteiger partial charge in [0.25, 0.3) is 15.9 Å². The largest absolute Gasteiger partial charge is 0.322 e.